The van der Waals surface area contributed by atoms with Gasteiger partial charge < -0.3 is 26.0 Å². The van der Waals surface area contributed by atoms with E-state index in [9.17, 15) is 9.90 Å². The fraction of sp³-hybridized carbons (Fsp3) is 0.273. The first-order chi connectivity index (χ1) is 13.9. The maximum absolute atomic E-state index is 12.3. The second kappa shape index (κ2) is 12.3. The molecule has 0 aliphatic carbocycles. The number of hydrogen-bond acceptors (Lipinski definition) is 5. The van der Waals surface area contributed by atoms with Crippen LogP contribution < -0.4 is 20.9 Å². The minimum atomic E-state index is -0.674. The van der Waals surface area contributed by atoms with Crippen molar-refractivity contribution in [3.8, 4) is 11.5 Å². The summed E-state index contributed by atoms with van der Waals surface area (Å²) in [6.45, 7) is 7.17. The summed E-state index contributed by atoms with van der Waals surface area (Å²) in [6, 6.07) is 14.4. The Hall–Kier alpha value is -3.16. The molecule has 0 fully saturated rings. The number of benzene rings is 2. The number of rotatable bonds is 8. The van der Waals surface area contributed by atoms with E-state index in [1.165, 1.54) is 19.2 Å². The van der Waals surface area contributed by atoms with Gasteiger partial charge in [0.05, 0.1) is 6.10 Å². The second-order valence-corrected chi connectivity index (χ2v) is 6.08. The standard InChI is InChI=1S/C21H24N2O4.CH5N/c1-4-20(22)23-21(25)17-10-18(26-13-16-8-6-5-7-9-16)12-19(11-17)27-15(3)14(2)24;1-2/h4-12,14-15,24H,1,13H2,2-3H3,(H2,22,23,25);2H2,1H3. The summed E-state index contributed by atoms with van der Waals surface area (Å²) in [4.78, 5) is 16.1. The van der Waals surface area contributed by atoms with Gasteiger partial charge in [-0.3, -0.25) is 4.79 Å². The number of carbonyl (C=O) groups excluding carboxylic acids is 1. The number of amidine groups is 1. The molecule has 2 unspecified atom stereocenters. The van der Waals surface area contributed by atoms with Crippen LogP contribution in [0.1, 0.15) is 29.8 Å². The zero-order valence-electron chi connectivity index (χ0n) is 17.0. The Labute approximate surface area is 171 Å². The van der Waals surface area contributed by atoms with Crippen molar-refractivity contribution in [2.75, 3.05) is 7.05 Å². The van der Waals surface area contributed by atoms with Crippen molar-refractivity contribution in [3.05, 3.63) is 72.3 Å². The SMILES string of the molecule is C=CC(N)=NC(=O)c1cc(OCc2ccccc2)cc(OC(C)C(C)O)c1.CN. The predicted octanol–water partition coefficient (Wildman–Crippen LogP) is 2.67. The Balaban J connectivity index is 0.00000204. The Morgan fingerprint density at radius 1 is 1.17 bits per heavy atom. The van der Waals surface area contributed by atoms with Gasteiger partial charge in [0.2, 0.25) is 0 Å². The van der Waals surface area contributed by atoms with E-state index in [4.69, 9.17) is 15.2 Å². The lowest BCUT2D eigenvalue weighted by atomic mass is 10.1. The monoisotopic (exact) mass is 399 g/mol. The fourth-order valence-electron chi connectivity index (χ4n) is 2.13. The molecule has 2 aromatic carbocycles. The summed E-state index contributed by atoms with van der Waals surface area (Å²) in [5.74, 6) is 0.331. The summed E-state index contributed by atoms with van der Waals surface area (Å²) < 4.78 is 11.5. The highest BCUT2D eigenvalue weighted by Crippen LogP contribution is 2.26. The summed E-state index contributed by atoms with van der Waals surface area (Å²) in [6.07, 6.45) is 0.159. The maximum atomic E-state index is 12.3. The first-order valence-electron chi connectivity index (χ1n) is 9.14. The molecule has 7 nitrogen and oxygen atoms in total. The normalized spacial score (nSPS) is 12.8. The fourth-order valence-corrected chi connectivity index (χ4v) is 2.13. The number of aliphatic imine (C=N–C) groups is 1. The second-order valence-electron chi connectivity index (χ2n) is 6.08. The van der Waals surface area contributed by atoms with Crippen LogP contribution in [-0.4, -0.2) is 36.1 Å². The highest BCUT2D eigenvalue weighted by molar-refractivity contribution is 6.06. The largest absolute Gasteiger partial charge is 0.489 e. The molecule has 7 heteroatoms. The molecule has 0 aromatic heterocycles. The number of amides is 1. The first-order valence-corrected chi connectivity index (χ1v) is 9.14. The summed E-state index contributed by atoms with van der Waals surface area (Å²) >= 11 is 0. The predicted molar refractivity (Wildman–Crippen MR) is 115 cm³/mol. The molecule has 2 aromatic rings. The van der Waals surface area contributed by atoms with Gasteiger partial charge in [-0.2, -0.15) is 4.99 Å². The number of carbonyl (C=O) groups is 1. The Kier molecular flexibility index (Phi) is 10.2. The minimum absolute atomic E-state index is 0.0235. The highest BCUT2D eigenvalue weighted by atomic mass is 16.5. The molecule has 0 bridgehead atoms. The molecule has 0 radical (unpaired) electrons. The third-order valence-corrected chi connectivity index (χ3v) is 3.82. The van der Waals surface area contributed by atoms with Gasteiger partial charge in [0.15, 0.2) is 0 Å². The lowest BCUT2D eigenvalue weighted by molar-refractivity contribution is 0.0601. The van der Waals surface area contributed by atoms with Gasteiger partial charge in [-0.05, 0) is 44.7 Å². The molecular formula is C22H29N3O4. The van der Waals surface area contributed by atoms with E-state index in [-0.39, 0.29) is 11.4 Å². The van der Waals surface area contributed by atoms with Gasteiger partial charge in [0.25, 0.3) is 5.91 Å². The average Bonchev–Trinajstić information content (AvgIpc) is 2.74. The van der Waals surface area contributed by atoms with Crippen LogP contribution >= 0.6 is 0 Å². The first kappa shape index (κ1) is 23.9. The Bertz CT molecular complexity index is 820. The average molecular weight is 399 g/mol. The van der Waals surface area contributed by atoms with Crippen molar-refractivity contribution in [3.63, 3.8) is 0 Å². The van der Waals surface area contributed by atoms with Crippen molar-refractivity contribution < 1.29 is 19.4 Å². The molecule has 0 saturated carbocycles. The van der Waals surface area contributed by atoms with Crippen LogP contribution in [0.5, 0.6) is 11.5 Å². The van der Waals surface area contributed by atoms with E-state index in [1.807, 2.05) is 30.3 Å². The Morgan fingerprint density at radius 3 is 2.38 bits per heavy atom. The topological polar surface area (TPSA) is 120 Å². The summed E-state index contributed by atoms with van der Waals surface area (Å²) in [5, 5.41) is 9.66. The number of hydrogen-bond donors (Lipinski definition) is 3. The van der Waals surface area contributed by atoms with Gasteiger partial charge in [-0.1, -0.05) is 36.9 Å². The van der Waals surface area contributed by atoms with Gasteiger partial charge >= 0.3 is 0 Å². The molecular weight excluding hydrogens is 370 g/mol. The van der Waals surface area contributed by atoms with Crippen LogP contribution in [0.15, 0.2) is 66.2 Å². The lowest BCUT2D eigenvalue weighted by Crippen LogP contribution is -2.25. The molecule has 0 aliphatic heterocycles. The number of aliphatic hydroxyl groups excluding tert-OH is 1. The lowest BCUT2D eigenvalue weighted by Gasteiger charge is -2.18. The van der Waals surface area contributed by atoms with E-state index in [0.717, 1.165) is 5.56 Å². The Morgan fingerprint density at radius 2 is 1.79 bits per heavy atom. The summed E-state index contributed by atoms with van der Waals surface area (Å²) in [7, 11) is 1.50. The van der Waals surface area contributed by atoms with Gasteiger partial charge in [-0.15, -0.1) is 0 Å². The number of aliphatic hydroxyl groups is 1. The van der Waals surface area contributed by atoms with E-state index in [2.05, 4.69) is 17.3 Å². The van der Waals surface area contributed by atoms with Crippen LogP contribution in [0.4, 0.5) is 0 Å². The molecule has 0 heterocycles. The highest BCUT2D eigenvalue weighted by Gasteiger charge is 2.15. The molecule has 2 rings (SSSR count). The number of nitrogens with zero attached hydrogens (tertiary/aromatic N) is 1. The van der Waals surface area contributed by atoms with Crippen LogP contribution in [0.25, 0.3) is 0 Å². The van der Waals surface area contributed by atoms with E-state index >= 15 is 0 Å². The number of nitrogens with two attached hydrogens (primary N) is 2. The van der Waals surface area contributed by atoms with E-state index in [1.54, 1.807) is 26.0 Å². The van der Waals surface area contributed by atoms with E-state index in [0.29, 0.717) is 18.1 Å². The zero-order valence-corrected chi connectivity index (χ0v) is 17.0. The van der Waals surface area contributed by atoms with Gasteiger partial charge in [-0.25, -0.2) is 0 Å². The molecule has 1 amide bonds. The van der Waals surface area contributed by atoms with Crippen molar-refractivity contribution in [2.24, 2.45) is 16.5 Å². The van der Waals surface area contributed by atoms with E-state index < -0.39 is 18.1 Å². The molecule has 0 saturated heterocycles. The van der Waals surface area contributed by atoms with Crippen LogP contribution in [0.2, 0.25) is 0 Å². The quantitative estimate of drug-likeness (QED) is 0.464. The summed E-state index contributed by atoms with van der Waals surface area (Å²) in [5.41, 5.74) is 11.3. The molecule has 0 aliphatic rings. The van der Waals surface area contributed by atoms with Crippen molar-refractivity contribution in [1.29, 1.82) is 0 Å². The smallest absolute Gasteiger partial charge is 0.279 e. The van der Waals surface area contributed by atoms with Crippen molar-refractivity contribution in [1.82, 2.24) is 0 Å². The van der Waals surface area contributed by atoms with Crippen LogP contribution in [0, 0.1) is 0 Å². The van der Waals surface area contributed by atoms with Crippen LogP contribution in [0.3, 0.4) is 0 Å². The molecule has 156 valence electrons. The molecule has 2 atom stereocenters. The van der Waals surface area contributed by atoms with Crippen molar-refractivity contribution >= 4 is 11.7 Å². The van der Waals surface area contributed by atoms with Crippen LogP contribution in [-0.2, 0) is 6.61 Å². The third-order valence-electron chi connectivity index (χ3n) is 3.82. The van der Waals surface area contributed by atoms with Crippen molar-refractivity contribution in [2.45, 2.75) is 32.7 Å². The minimum Gasteiger partial charge on any atom is -0.489 e. The number of ether oxygens (including phenoxy) is 2. The third kappa shape index (κ3) is 8.16. The zero-order chi connectivity index (χ0) is 21.8. The molecule has 5 N–H and O–H groups in total. The molecule has 0 spiro atoms. The van der Waals surface area contributed by atoms with Gasteiger partial charge in [0.1, 0.15) is 30.0 Å². The maximum Gasteiger partial charge on any atom is 0.279 e. The van der Waals surface area contributed by atoms with Gasteiger partial charge in [0, 0.05) is 11.6 Å². The molecule has 29 heavy (non-hydrogen) atoms.